The Morgan fingerprint density at radius 1 is 1.04 bits per heavy atom. The van der Waals surface area contributed by atoms with Crippen LogP contribution in [0, 0.1) is 0 Å². The number of hydrogen-bond donors (Lipinski definition) is 0. The Hall–Kier alpha value is -1.80. The molecule has 4 rings (SSSR count). The normalized spacial score (nSPS) is 17.7. The molecule has 0 radical (unpaired) electrons. The minimum atomic E-state index is 0.0301. The van der Waals surface area contributed by atoms with Crippen LogP contribution in [0.5, 0.6) is 0 Å². The largest absolute Gasteiger partial charge is 0.338 e. The first kappa shape index (κ1) is 16.7. The van der Waals surface area contributed by atoms with E-state index in [4.69, 9.17) is 0 Å². The van der Waals surface area contributed by atoms with Gasteiger partial charge in [0.15, 0.2) is 0 Å². The number of aryl methyl sites for hydroxylation is 2. The van der Waals surface area contributed by atoms with Gasteiger partial charge in [0.25, 0.3) is 5.56 Å². The van der Waals surface area contributed by atoms with E-state index in [9.17, 15) is 4.79 Å². The van der Waals surface area contributed by atoms with E-state index in [0.717, 1.165) is 73.7 Å². The van der Waals surface area contributed by atoms with Crippen molar-refractivity contribution in [3.8, 4) is 0 Å². The Labute approximate surface area is 154 Å². The Balaban J connectivity index is 1.32. The van der Waals surface area contributed by atoms with Crippen LogP contribution in [0.2, 0.25) is 0 Å². The van der Waals surface area contributed by atoms with Gasteiger partial charge in [-0.3, -0.25) is 9.69 Å². The van der Waals surface area contributed by atoms with Crippen molar-refractivity contribution in [1.29, 1.82) is 0 Å². The smallest absolute Gasteiger partial charge is 0.267 e. The van der Waals surface area contributed by atoms with Gasteiger partial charge in [-0.1, -0.05) is 0 Å². The summed E-state index contributed by atoms with van der Waals surface area (Å²) in [4.78, 5) is 25.5. The monoisotopic (exact) mass is 404 g/mol. The molecule has 0 N–H and O–H groups in total. The molecule has 7 nitrogen and oxygen atoms in total. The summed E-state index contributed by atoms with van der Waals surface area (Å²) in [6.07, 6.45) is 6.67. The summed E-state index contributed by atoms with van der Waals surface area (Å²) in [7, 11) is 0. The van der Waals surface area contributed by atoms with E-state index in [0.29, 0.717) is 6.54 Å². The number of nitrogens with zero attached hydrogens (tertiary/aromatic N) is 6. The van der Waals surface area contributed by atoms with Gasteiger partial charge in [0.1, 0.15) is 0 Å². The maximum absolute atomic E-state index is 12.2. The molecule has 1 fully saturated rings. The van der Waals surface area contributed by atoms with Gasteiger partial charge >= 0.3 is 0 Å². The van der Waals surface area contributed by atoms with Crippen LogP contribution in [-0.4, -0.2) is 57.4 Å². The summed E-state index contributed by atoms with van der Waals surface area (Å²) < 4.78 is 2.52. The lowest BCUT2D eigenvalue weighted by Gasteiger charge is -2.34. The summed E-state index contributed by atoms with van der Waals surface area (Å²) in [5.41, 5.74) is 2.28. The minimum absolute atomic E-state index is 0.0301. The molecule has 25 heavy (non-hydrogen) atoms. The minimum Gasteiger partial charge on any atom is -0.338 e. The molecule has 0 spiro atoms. The molecule has 0 saturated carbocycles. The molecule has 1 aliphatic carbocycles. The SMILES string of the molecule is O=c1cc2c(nn1CCN1CCN(c3ncc(Br)cn3)CC1)CCC2. The summed E-state index contributed by atoms with van der Waals surface area (Å²) >= 11 is 3.36. The lowest BCUT2D eigenvalue weighted by Crippen LogP contribution is -2.48. The van der Waals surface area contributed by atoms with Crippen molar-refractivity contribution in [2.45, 2.75) is 25.8 Å². The van der Waals surface area contributed by atoms with Crippen molar-refractivity contribution < 1.29 is 0 Å². The van der Waals surface area contributed by atoms with Gasteiger partial charge < -0.3 is 4.90 Å². The van der Waals surface area contributed by atoms with Gasteiger partial charge in [-0.15, -0.1) is 0 Å². The summed E-state index contributed by atoms with van der Waals surface area (Å²) in [6, 6.07) is 1.78. The van der Waals surface area contributed by atoms with Gasteiger partial charge in [0.05, 0.1) is 16.7 Å². The maximum Gasteiger partial charge on any atom is 0.267 e. The average Bonchev–Trinajstić information content (AvgIpc) is 3.08. The Morgan fingerprint density at radius 2 is 1.80 bits per heavy atom. The molecule has 0 unspecified atom stereocenters. The van der Waals surface area contributed by atoms with Crippen LogP contribution in [0.4, 0.5) is 5.95 Å². The lowest BCUT2D eigenvalue weighted by atomic mass is 10.2. The molecule has 132 valence electrons. The first-order valence-electron chi connectivity index (χ1n) is 8.74. The summed E-state index contributed by atoms with van der Waals surface area (Å²) in [5.74, 6) is 0.777. The van der Waals surface area contributed by atoms with Crippen LogP contribution in [0.3, 0.4) is 0 Å². The summed E-state index contributed by atoms with van der Waals surface area (Å²) in [6.45, 7) is 5.18. The fraction of sp³-hybridized carbons (Fsp3) is 0.529. The van der Waals surface area contributed by atoms with Crippen LogP contribution in [0.15, 0.2) is 27.7 Å². The van der Waals surface area contributed by atoms with E-state index in [1.165, 1.54) is 0 Å². The molecule has 0 aromatic carbocycles. The molecule has 2 aromatic rings. The van der Waals surface area contributed by atoms with Gasteiger partial charge in [-0.2, -0.15) is 5.10 Å². The first-order chi connectivity index (χ1) is 12.2. The van der Waals surface area contributed by atoms with Crippen LogP contribution < -0.4 is 10.5 Å². The molecule has 2 aromatic heterocycles. The number of fused-ring (bicyclic) bond motifs is 1. The third kappa shape index (κ3) is 3.74. The molecule has 3 heterocycles. The van der Waals surface area contributed by atoms with Crippen LogP contribution in [0.1, 0.15) is 17.7 Å². The molecule has 0 bridgehead atoms. The third-order valence-corrected chi connectivity index (χ3v) is 5.32. The molecule has 8 heteroatoms. The molecule has 1 aliphatic heterocycles. The van der Waals surface area contributed by atoms with Crippen LogP contribution in [0.25, 0.3) is 0 Å². The predicted octanol–water partition coefficient (Wildman–Crippen LogP) is 1.11. The second-order valence-corrected chi connectivity index (χ2v) is 7.48. The van der Waals surface area contributed by atoms with Crippen molar-refractivity contribution >= 4 is 21.9 Å². The van der Waals surface area contributed by atoms with E-state index in [1.807, 2.05) is 0 Å². The first-order valence-corrected chi connectivity index (χ1v) is 9.53. The highest BCUT2D eigenvalue weighted by Gasteiger charge is 2.19. The van der Waals surface area contributed by atoms with Crippen LogP contribution in [-0.2, 0) is 19.4 Å². The quantitative estimate of drug-likeness (QED) is 0.759. The standard InChI is InChI=1S/C17H21BrN6O/c18-14-11-19-17(20-12-14)23-7-4-22(5-8-23)6-9-24-16(25)10-13-2-1-3-15(13)21-24/h10-12H,1-9H2. The zero-order valence-corrected chi connectivity index (χ0v) is 15.7. The molecular formula is C17H21BrN6O. The van der Waals surface area contributed by atoms with Crippen molar-refractivity contribution in [3.05, 3.63) is 44.5 Å². The van der Waals surface area contributed by atoms with Gasteiger partial charge in [-0.25, -0.2) is 14.6 Å². The number of anilines is 1. The fourth-order valence-corrected chi connectivity index (χ4v) is 3.68. The second-order valence-electron chi connectivity index (χ2n) is 6.56. The molecule has 2 aliphatic rings. The number of halogens is 1. The van der Waals surface area contributed by atoms with Crippen molar-refractivity contribution in [2.75, 3.05) is 37.6 Å². The van der Waals surface area contributed by atoms with Gasteiger partial charge in [0.2, 0.25) is 5.95 Å². The average molecular weight is 405 g/mol. The molecule has 0 amide bonds. The zero-order valence-electron chi connectivity index (χ0n) is 14.1. The van der Waals surface area contributed by atoms with Gasteiger partial charge in [0, 0.05) is 51.2 Å². The number of rotatable bonds is 4. The third-order valence-electron chi connectivity index (χ3n) is 4.91. The highest BCUT2D eigenvalue weighted by atomic mass is 79.9. The zero-order chi connectivity index (χ0) is 17.2. The fourth-order valence-electron chi connectivity index (χ4n) is 3.48. The van der Waals surface area contributed by atoms with E-state index in [2.05, 4.69) is 40.8 Å². The van der Waals surface area contributed by atoms with E-state index < -0.39 is 0 Å². The Morgan fingerprint density at radius 3 is 2.56 bits per heavy atom. The number of hydrogen-bond acceptors (Lipinski definition) is 6. The highest BCUT2D eigenvalue weighted by molar-refractivity contribution is 9.10. The highest BCUT2D eigenvalue weighted by Crippen LogP contribution is 2.17. The molecule has 0 atom stereocenters. The summed E-state index contributed by atoms with van der Waals surface area (Å²) in [5, 5.41) is 4.55. The number of aromatic nitrogens is 4. The van der Waals surface area contributed by atoms with Gasteiger partial charge in [-0.05, 0) is 40.8 Å². The topological polar surface area (TPSA) is 67.2 Å². The second kappa shape index (κ2) is 7.21. The maximum atomic E-state index is 12.2. The van der Waals surface area contributed by atoms with Crippen molar-refractivity contribution in [3.63, 3.8) is 0 Å². The lowest BCUT2D eigenvalue weighted by molar-refractivity contribution is 0.241. The van der Waals surface area contributed by atoms with Crippen molar-refractivity contribution in [2.24, 2.45) is 0 Å². The Kier molecular flexibility index (Phi) is 4.80. The Bertz CT molecular complexity index is 798. The van der Waals surface area contributed by atoms with E-state index in [1.54, 1.807) is 23.1 Å². The van der Waals surface area contributed by atoms with E-state index >= 15 is 0 Å². The number of piperazine rings is 1. The predicted molar refractivity (Wildman–Crippen MR) is 98.9 cm³/mol. The molecule has 1 saturated heterocycles. The van der Waals surface area contributed by atoms with Crippen molar-refractivity contribution in [1.82, 2.24) is 24.6 Å². The van der Waals surface area contributed by atoms with E-state index in [-0.39, 0.29) is 5.56 Å². The molecular weight excluding hydrogens is 384 g/mol. The van der Waals surface area contributed by atoms with Crippen LogP contribution >= 0.6 is 15.9 Å².